The van der Waals surface area contributed by atoms with Crippen LogP contribution in [0.4, 0.5) is 9.59 Å². The molecule has 6 aromatic rings. The second-order valence-corrected chi connectivity index (χ2v) is 14.6. The van der Waals surface area contributed by atoms with Crippen molar-refractivity contribution in [2.45, 2.75) is 49.9 Å². The molecule has 306 valence electrons. The van der Waals surface area contributed by atoms with Crippen molar-refractivity contribution in [1.29, 1.82) is 0 Å². The van der Waals surface area contributed by atoms with Gasteiger partial charge >= 0.3 is 12.2 Å². The zero-order valence-corrected chi connectivity index (χ0v) is 33.1. The maximum atomic E-state index is 13.9. The highest BCUT2D eigenvalue weighted by Crippen LogP contribution is 2.36. The second kappa shape index (κ2) is 17.6. The third-order valence-electron chi connectivity index (χ3n) is 11.0. The largest absolute Gasteiger partial charge is 0.453 e. The van der Waals surface area contributed by atoms with Gasteiger partial charge in [0.1, 0.15) is 23.7 Å². The normalized spacial score (nSPS) is 17.2. The van der Waals surface area contributed by atoms with Crippen LogP contribution in [0.1, 0.15) is 72.6 Å². The number of likely N-dealkylation sites (tertiary alicyclic amines) is 2. The molecule has 4 amide bonds. The van der Waals surface area contributed by atoms with E-state index < -0.39 is 24.3 Å². The first-order valence-electron chi connectivity index (χ1n) is 19.8. The van der Waals surface area contributed by atoms with E-state index in [4.69, 9.17) is 19.4 Å². The Bertz CT molecular complexity index is 2270. The molecule has 0 spiro atoms. The summed E-state index contributed by atoms with van der Waals surface area (Å²) in [5.74, 6) is 1.68. The first-order valence-corrected chi connectivity index (χ1v) is 19.8. The van der Waals surface area contributed by atoms with Crippen molar-refractivity contribution in [3.05, 3.63) is 132 Å². The molecule has 0 saturated carbocycles. The third kappa shape index (κ3) is 8.30. The number of aromatic nitrogens is 6. The van der Waals surface area contributed by atoms with Gasteiger partial charge < -0.3 is 29.9 Å². The van der Waals surface area contributed by atoms with Crippen LogP contribution >= 0.6 is 0 Å². The van der Waals surface area contributed by atoms with Gasteiger partial charge in [0, 0.05) is 24.2 Å². The third-order valence-corrected chi connectivity index (χ3v) is 11.0. The Labute approximate surface area is 345 Å². The molecular weight excluding hydrogens is 765 g/mol. The van der Waals surface area contributed by atoms with Crippen molar-refractivity contribution in [2.24, 2.45) is 0 Å². The van der Waals surface area contributed by atoms with Crippen molar-refractivity contribution in [3.63, 3.8) is 0 Å². The Kier molecular flexibility index (Phi) is 11.6. The molecule has 0 radical (unpaired) electrons. The number of amides is 4. The maximum Gasteiger partial charge on any atom is 0.407 e. The lowest BCUT2D eigenvalue weighted by atomic mass is 10.0. The number of hydrogen-bond acceptors (Lipinski definition) is 10. The van der Waals surface area contributed by atoms with Gasteiger partial charge in [-0.2, -0.15) is 10.2 Å². The van der Waals surface area contributed by atoms with E-state index in [1.54, 1.807) is 34.1 Å². The number of rotatable bonds is 11. The van der Waals surface area contributed by atoms with E-state index in [0.717, 1.165) is 35.1 Å². The highest BCUT2D eigenvalue weighted by Gasteiger charge is 2.39. The lowest BCUT2D eigenvalue weighted by Gasteiger charge is -2.28. The number of H-pyrrole nitrogens is 2. The van der Waals surface area contributed by atoms with Crippen LogP contribution in [-0.2, 0) is 19.1 Å². The Balaban J connectivity index is 0.928. The van der Waals surface area contributed by atoms with Crippen LogP contribution in [-0.4, -0.2) is 91.5 Å². The summed E-state index contributed by atoms with van der Waals surface area (Å²) in [4.78, 5) is 65.2. The molecule has 4 N–H and O–H groups in total. The molecule has 16 nitrogen and oxygen atoms in total. The summed E-state index contributed by atoms with van der Waals surface area (Å²) in [6.07, 6.45) is 1.59. The zero-order chi connectivity index (χ0) is 41.6. The fraction of sp³-hybridized carbons (Fsp3) is 0.273. The first-order chi connectivity index (χ1) is 29.3. The quantitative estimate of drug-likeness (QED) is 0.113. The number of carbonyl (C=O) groups excluding carboxylic acids is 4. The minimum atomic E-state index is -0.908. The number of nitrogens with one attached hydrogen (secondary N) is 4. The molecule has 60 heavy (non-hydrogen) atoms. The van der Waals surface area contributed by atoms with Crippen LogP contribution < -0.4 is 10.6 Å². The molecule has 4 heterocycles. The van der Waals surface area contributed by atoms with Gasteiger partial charge in [-0.1, -0.05) is 109 Å². The summed E-state index contributed by atoms with van der Waals surface area (Å²) >= 11 is 0. The molecule has 16 heteroatoms. The van der Waals surface area contributed by atoms with Crippen LogP contribution in [0.3, 0.4) is 0 Å². The lowest BCUT2D eigenvalue weighted by Crippen LogP contribution is -2.42. The number of nitrogens with zero attached hydrogens (tertiary/aromatic N) is 6. The average molecular weight is 809 g/mol. The summed E-state index contributed by atoms with van der Waals surface area (Å²) in [6, 6.07) is 31.6. The summed E-state index contributed by atoms with van der Waals surface area (Å²) in [7, 11) is 2.54. The minimum absolute atomic E-state index is 0.248. The number of aromatic amines is 2. The van der Waals surface area contributed by atoms with Gasteiger partial charge in [0.05, 0.1) is 26.3 Å². The molecule has 0 aliphatic carbocycles. The van der Waals surface area contributed by atoms with E-state index in [2.05, 4.69) is 31.0 Å². The maximum absolute atomic E-state index is 13.9. The van der Waals surface area contributed by atoms with Crippen LogP contribution in [0, 0.1) is 0 Å². The fourth-order valence-electron chi connectivity index (χ4n) is 7.91. The predicted octanol–water partition coefficient (Wildman–Crippen LogP) is 6.45. The van der Waals surface area contributed by atoms with Crippen LogP contribution in [0.5, 0.6) is 0 Å². The highest BCUT2D eigenvalue weighted by molar-refractivity contribution is 5.88. The molecule has 8 rings (SSSR count). The summed E-state index contributed by atoms with van der Waals surface area (Å²) in [5.41, 5.74) is 4.92. The molecule has 4 atom stereocenters. The number of alkyl carbamates (subject to hydrolysis) is 2. The topological polar surface area (TPSA) is 200 Å². The standard InChI is InChI=1S/C44H44N10O6/c1-59-43(57)45-35(29-11-5-3-6-12-29)41(55)53-25-9-15-33(53)39-47-37(49-51-39)31-21-17-27(18-22-31)28-19-23-32(24-20-28)38-48-40(52-50-38)34-16-10-26-54(34)42(56)36(46-44(58)60-2)30-13-7-4-8-14-30/h3-8,11-14,17-24,33-36H,9-10,15-16,25-26H2,1-2H3,(H,45,57)(H,46,58)(H,47,49,51)(H,48,50,52)/t33-,34?,35+,36-/m1/s1. The van der Waals surface area contributed by atoms with Gasteiger partial charge in [0.15, 0.2) is 11.6 Å². The van der Waals surface area contributed by atoms with Crippen LogP contribution in [0.15, 0.2) is 109 Å². The van der Waals surface area contributed by atoms with Crippen LogP contribution in [0.2, 0.25) is 0 Å². The number of benzene rings is 4. The van der Waals surface area contributed by atoms with Gasteiger partial charge in [-0.3, -0.25) is 19.8 Å². The minimum Gasteiger partial charge on any atom is -0.453 e. The van der Waals surface area contributed by atoms with E-state index >= 15 is 0 Å². The van der Waals surface area contributed by atoms with E-state index in [9.17, 15) is 19.2 Å². The zero-order valence-electron chi connectivity index (χ0n) is 33.1. The van der Waals surface area contributed by atoms with Crippen molar-refractivity contribution in [2.75, 3.05) is 27.3 Å². The van der Waals surface area contributed by atoms with Crippen molar-refractivity contribution >= 4 is 24.0 Å². The lowest BCUT2D eigenvalue weighted by molar-refractivity contribution is -0.135. The average Bonchev–Trinajstić information content (AvgIpc) is 4.15. The van der Waals surface area contributed by atoms with Gasteiger partial charge in [0.25, 0.3) is 11.8 Å². The van der Waals surface area contributed by atoms with Gasteiger partial charge in [-0.25, -0.2) is 19.6 Å². The molecule has 2 saturated heterocycles. The summed E-state index contributed by atoms with van der Waals surface area (Å²) < 4.78 is 9.63. The SMILES string of the molecule is COC(=O)N[C@H](C(=O)N1CCC[C@@H]1c1nc(-c2ccc(-c3ccc(-c4n[nH]c(C5CCCN5C(=O)[C@H](NC(=O)OC)c5ccccc5)n4)cc3)cc2)n[nH]1)c1ccccc1. The second-order valence-electron chi connectivity index (χ2n) is 14.6. The van der Waals surface area contributed by atoms with Gasteiger partial charge in [0.2, 0.25) is 0 Å². The molecule has 2 aromatic heterocycles. The number of methoxy groups -OCH3 is 2. The smallest absolute Gasteiger partial charge is 0.407 e. The van der Waals surface area contributed by atoms with E-state index in [-0.39, 0.29) is 23.9 Å². The van der Waals surface area contributed by atoms with Gasteiger partial charge in [-0.15, -0.1) is 0 Å². The van der Waals surface area contributed by atoms with E-state index in [1.807, 2.05) is 84.9 Å². The highest BCUT2D eigenvalue weighted by atomic mass is 16.5. The number of hydrogen-bond donors (Lipinski definition) is 4. The number of ether oxygens (including phenoxy) is 2. The molecule has 0 bridgehead atoms. The van der Waals surface area contributed by atoms with Crippen molar-refractivity contribution in [3.8, 4) is 33.9 Å². The summed E-state index contributed by atoms with van der Waals surface area (Å²) in [5, 5.41) is 20.5. The monoisotopic (exact) mass is 808 g/mol. The fourth-order valence-corrected chi connectivity index (χ4v) is 7.91. The van der Waals surface area contributed by atoms with Crippen LogP contribution in [0.25, 0.3) is 33.9 Å². The Morgan fingerprint density at radius 2 is 0.933 bits per heavy atom. The first kappa shape index (κ1) is 39.5. The summed E-state index contributed by atoms with van der Waals surface area (Å²) in [6.45, 7) is 1.04. The van der Waals surface area contributed by atoms with Gasteiger partial charge in [-0.05, 0) is 47.9 Å². The molecule has 2 aliphatic heterocycles. The number of carbonyl (C=O) groups is 4. The Hall–Kier alpha value is -7.36. The molecule has 1 unspecified atom stereocenters. The van der Waals surface area contributed by atoms with E-state index in [0.29, 0.717) is 60.4 Å². The molecule has 2 fully saturated rings. The predicted molar refractivity (Wildman–Crippen MR) is 219 cm³/mol. The Morgan fingerprint density at radius 3 is 1.30 bits per heavy atom. The molecular formula is C44H44N10O6. The van der Waals surface area contributed by atoms with Crippen molar-refractivity contribution < 1.29 is 28.7 Å². The Morgan fingerprint density at radius 1 is 0.567 bits per heavy atom. The van der Waals surface area contributed by atoms with E-state index in [1.165, 1.54) is 14.2 Å². The molecule has 2 aliphatic rings. The van der Waals surface area contributed by atoms with Crippen molar-refractivity contribution in [1.82, 2.24) is 50.8 Å². The molecule has 4 aromatic carbocycles.